The normalized spacial score (nSPS) is 10.3. The van der Waals surface area contributed by atoms with Gasteiger partial charge in [0.1, 0.15) is 0 Å². The van der Waals surface area contributed by atoms with Gasteiger partial charge in [0.05, 0.1) is 5.69 Å². The van der Waals surface area contributed by atoms with Crippen LogP contribution in [0.4, 0.5) is 10.8 Å². The summed E-state index contributed by atoms with van der Waals surface area (Å²) in [7, 11) is 1.85. The fraction of sp³-hybridized carbons (Fsp3) is 0.111. The minimum Gasteiger partial charge on any atom is -0.365 e. The second kappa shape index (κ2) is 6.62. The minimum atomic E-state index is -0.108. The Bertz CT molecular complexity index is 807. The largest absolute Gasteiger partial charge is 0.365 e. The minimum absolute atomic E-state index is 0.108. The zero-order valence-corrected chi connectivity index (χ0v) is 13.8. The summed E-state index contributed by atoms with van der Waals surface area (Å²) >= 11 is 1.57. The molecule has 0 bridgehead atoms. The molecule has 2 aromatic carbocycles. The maximum atomic E-state index is 12.2. The number of thiazole rings is 1. The number of amides is 1. The van der Waals surface area contributed by atoms with Gasteiger partial charge in [0, 0.05) is 29.2 Å². The Labute approximate surface area is 139 Å². The van der Waals surface area contributed by atoms with E-state index in [0.29, 0.717) is 5.56 Å². The highest BCUT2D eigenvalue weighted by atomic mass is 32.1. The van der Waals surface area contributed by atoms with Crippen LogP contribution >= 0.6 is 11.3 Å². The summed E-state index contributed by atoms with van der Waals surface area (Å²) in [6.45, 7) is 2.00. The molecule has 0 aliphatic rings. The van der Waals surface area contributed by atoms with Gasteiger partial charge in [-0.3, -0.25) is 4.79 Å². The molecule has 0 radical (unpaired) electrons. The lowest BCUT2D eigenvalue weighted by Crippen LogP contribution is -2.11. The fourth-order valence-electron chi connectivity index (χ4n) is 2.15. The van der Waals surface area contributed by atoms with Gasteiger partial charge in [0.25, 0.3) is 5.91 Å². The van der Waals surface area contributed by atoms with E-state index >= 15 is 0 Å². The van der Waals surface area contributed by atoms with E-state index in [-0.39, 0.29) is 5.91 Å². The molecule has 0 unspecified atom stereocenters. The number of nitrogens with zero attached hydrogens (tertiary/aromatic N) is 1. The molecule has 0 aliphatic heterocycles. The summed E-state index contributed by atoms with van der Waals surface area (Å²) in [5.41, 5.74) is 4.50. The van der Waals surface area contributed by atoms with E-state index in [0.717, 1.165) is 27.6 Å². The van der Waals surface area contributed by atoms with Crippen molar-refractivity contribution < 1.29 is 4.79 Å². The smallest absolute Gasteiger partial charge is 0.255 e. The first-order valence-corrected chi connectivity index (χ1v) is 8.15. The number of carbonyl (C=O) groups excluding carboxylic acids is 1. The van der Waals surface area contributed by atoms with E-state index in [1.807, 2.05) is 67.9 Å². The van der Waals surface area contributed by atoms with Crippen molar-refractivity contribution in [2.24, 2.45) is 0 Å². The maximum absolute atomic E-state index is 12.2. The third-order valence-electron chi connectivity index (χ3n) is 3.47. The summed E-state index contributed by atoms with van der Waals surface area (Å²) in [5.74, 6) is -0.108. The van der Waals surface area contributed by atoms with Crippen LogP contribution in [0.2, 0.25) is 0 Å². The van der Waals surface area contributed by atoms with Crippen molar-refractivity contribution in [2.45, 2.75) is 6.92 Å². The molecule has 4 nitrogen and oxygen atoms in total. The molecule has 1 amide bonds. The molecule has 1 heterocycles. The first-order valence-electron chi connectivity index (χ1n) is 7.27. The van der Waals surface area contributed by atoms with Gasteiger partial charge in [-0.2, -0.15) is 0 Å². The lowest BCUT2D eigenvalue weighted by atomic mass is 10.1. The molecule has 5 heteroatoms. The number of rotatable bonds is 4. The molecule has 23 heavy (non-hydrogen) atoms. The van der Waals surface area contributed by atoms with Crippen molar-refractivity contribution in [3.63, 3.8) is 0 Å². The lowest BCUT2D eigenvalue weighted by Gasteiger charge is -2.06. The molecule has 3 aromatic rings. The number of aryl methyl sites for hydroxylation is 1. The highest BCUT2D eigenvalue weighted by Gasteiger charge is 2.07. The molecule has 116 valence electrons. The molecule has 0 saturated heterocycles. The Morgan fingerprint density at radius 1 is 1.04 bits per heavy atom. The molecular weight excluding hydrogens is 306 g/mol. The zero-order valence-electron chi connectivity index (χ0n) is 13.0. The maximum Gasteiger partial charge on any atom is 0.255 e. The SMILES string of the molecule is CNc1nc(-c2ccc(NC(=O)c3ccc(C)cc3)cc2)cs1. The molecule has 3 rings (SSSR count). The molecule has 0 saturated carbocycles. The van der Waals surface area contributed by atoms with Crippen LogP contribution in [-0.2, 0) is 0 Å². The summed E-state index contributed by atoms with van der Waals surface area (Å²) in [5, 5.41) is 8.82. The number of nitrogens with one attached hydrogen (secondary N) is 2. The van der Waals surface area contributed by atoms with Crippen LogP contribution in [0, 0.1) is 6.92 Å². The van der Waals surface area contributed by atoms with Gasteiger partial charge in [-0.05, 0) is 31.2 Å². The Balaban J connectivity index is 1.72. The van der Waals surface area contributed by atoms with E-state index < -0.39 is 0 Å². The Morgan fingerprint density at radius 3 is 2.35 bits per heavy atom. The number of carbonyl (C=O) groups is 1. The third kappa shape index (κ3) is 3.57. The van der Waals surface area contributed by atoms with Crippen LogP contribution in [0.3, 0.4) is 0 Å². The second-order valence-corrected chi connectivity index (χ2v) is 6.04. The Hall–Kier alpha value is -2.66. The first kappa shape index (κ1) is 15.2. The van der Waals surface area contributed by atoms with Crippen LogP contribution in [-0.4, -0.2) is 17.9 Å². The van der Waals surface area contributed by atoms with E-state index in [2.05, 4.69) is 15.6 Å². The van der Waals surface area contributed by atoms with E-state index in [1.54, 1.807) is 11.3 Å². The molecule has 2 N–H and O–H groups in total. The van der Waals surface area contributed by atoms with Crippen molar-refractivity contribution in [1.29, 1.82) is 0 Å². The Morgan fingerprint density at radius 2 is 1.74 bits per heavy atom. The first-order chi connectivity index (χ1) is 11.2. The van der Waals surface area contributed by atoms with Gasteiger partial charge in [-0.1, -0.05) is 29.8 Å². The number of aromatic nitrogens is 1. The van der Waals surface area contributed by atoms with Crippen molar-refractivity contribution >= 4 is 28.1 Å². The highest BCUT2D eigenvalue weighted by Crippen LogP contribution is 2.25. The van der Waals surface area contributed by atoms with Gasteiger partial charge >= 0.3 is 0 Å². The molecule has 1 aromatic heterocycles. The topological polar surface area (TPSA) is 54.0 Å². The number of hydrogen-bond acceptors (Lipinski definition) is 4. The predicted molar refractivity (Wildman–Crippen MR) is 96.2 cm³/mol. The molecule has 0 atom stereocenters. The second-order valence-electron chi connectivity index (χ2n) is 5.19. The fourth-order valence-corrected chi connectivity index (χ4v) is 2.83. The Kier molecular flexibility index (Phi) is 4.39. The van der Waals surface area contributed by atoms with Gasteiger partial charge in [0.2, 0.25) is 0 Å². The van der Waals surface area contributed by atoms with Gasteiger partial charge in [-0.25, -0.2) is 4.98 Å². The average molecular weight is 323 g/mol. The lowest BCUT2D eigenvalue weighted by molar-refractivity contribution is 0.102. The summed E-state index contributed by atoms with van der Waals surface area (Å²) in [6, 6.07) is 15.2. The van der Waals surface area contributed by atoms with Crippen LogP contribution in [0.5, 0.6) is 0 Å². The van der Waals surface area contributed by atoms with Crippen LogP contribution < -0.4 is 10.6 Å². The van der Waals surface area contributed by atoms with Crippen molar-refractivity contribution in [3.05, 3.63) is 65.0 Å². The van der Waals surface area contributed by atoms with Crippen LogP contribution in [0.1, 0.15) is 15.9 Å². The van der Waals surface area contributed by atoms with E-state index in [9.17, 15) is 4.79 Å². The van der Waals surface area contributed by atoms with E-state index in [4.69, 9.17) is 0 Å². The number of benzene rings is 2. The number of hydrogen-bond donors (Lipinski definition) is 2. The van der Waals surface area contributed by atoms with Crippen LogP contribution in [0.25, 0.3) is 11.3 Å². The van der Waals surface area contributed by atoms with Crippen LogP contribution in [0.15, 0.2) is 53.9 Å². The zero-order chi connectivity index (χ0) is 16.2. The number of anilines is 2. The quantitative estimate of drug-likeness (QED) is 0.747. The van der Waals surface area contributed by atoms with Gasteiger partial charge in [-0.15, -0.1) is 11.3 Å². The summed E-state index contributed by atoms with van der Waals surface area (Å²) in [6.07, 6.45) is 0. The van der Waals surface area contributed by atoms with Gasteiger partial charge < -0.3 is 10.6 Å². The highest BCUT2D eigenvalue weighted by molar-refractivity contribution is 7.14. The van der Waals surface area contributed by atoms with Crippen molar-refractivity contribution in [1.82, 2.24) is 4.98 Å². The monoisotopic (exact) mass is 323 g/mol. The molecule has 0 spiro atoms. The molecular formula is C18H17N3OS. The standard InChI is InChI=1S/C18H17N3OS/c1-12-3-5-14(6-4-12)17(22)20-15-9-7-13(8-10-15)16-11-23-18(19-2)21-16/h3-11H,1-2H3,(H,19,21)(H,20,22). The molecule has 0 fully saturated rings. The van der Waals surface area contributed by atoms with Crippen molar-refractivity contribution in [2.75, 3.05) is 17.7 Å². The van der Waals surface area contributed by atoms with Gasteiger partial charge in [0.15, 0.2) is 5.13 Å². The predicted octanol–water partition coefficient (Wildman–Crippen LogP) is 4.41. The summed E-state index contributed by atoms with van der Waals surface area (Å²) in [4.78, 5) is 16.7. The third-order valence-corrected chi connectivity index (χ3v) is 4.33. The van der Waals surface area contributed by atoms with E-state index in [1.165, 1.54) is 0 Å². The average Bonchev–Trinajstić information content (AvgIpc) is 3.05. The summed E-state index contributed by atoms with van der Waals surface area (Å²) < 4.78 is 0. The molecule has 0 aliphatic carbocycles. The van der Waals surface area contributed by atoms with Crippen molar-refractivity contribution in [3.8, 4) is 11.3 Å².